The fourth-order valence-electron chi connectivity index (χ4n) is 5.06. The number of para-hydroxylation sites is 1. The van der Waals surface area contributed by atoms with E-state index < -0.39 is 10.0 Å². The lowest BCUT2D eigenvalue weighted by atomic mass is 10.0. The summed E-state index contributed by atoms with van der Waals surface area (Å²) in [5, 5.41) is 2.99. The molecule has 1 heterocycles. The van der Waals surface area contributed by atoms with Crippen molar-refractivity contribution in [3.63, 3.8) is 0 Å². The SMILES string of the molecule is COCCN(CC(=O)N(Cc1ccc(C)cc1)C1CCN(C(=O)Nc2ccccc2C)CC1)S(=O)(=O)c1ccccc1. The van der Waals surface area contributed by atoms with Gasteiger partial charge in [-0.2, -0.15) is 4.31 Å². The van der Waals surface area contributed by atoms with E-state index in [9.17, 15) is 18.0 Å². The zero-order valence-corrected chi connectivity index (χ0v) is 25.3. The number of rotatable bonds is 11. The van der Waals surface area contributed by atoms with Crippen LogP contribution >= 0.6 is 0 Å². The van der Waals surface area contributed by atoms with Crippen LogP contribution in [0.2, 0.25) is 0 Å². The minimum atomic E-state index is -3.92. The first-order valence-electron chi connectivity index (χ1n) is 14.2. The number of methoxy groups -OCH3 is 1. The number of likely N-dealkylation sites (tertiary alicyclic amines) is 1. The topological polar surface area (TPSA) is 99.3 Å². The maximum atomic E-state index is 13.9. The van der Waals surface area contributed by atoms with Crippen molar-refractivity contribution in [1.82, 2.24) is 14.1 Å². The van der Waals surface area contributed by atoms with Crippen LogP contribution in [0, 0.1) is 13.8 Å². The van der Waals surface area contributed by atoms with Gasteiger partial charge in [-0.25, -0.2) is 13.2 Å². The molecular weight excluding hydrogens is 552 g/mol. The van der Waals surface area contributed by atoms with E-state index in [4.69, 9.17) is 4.74 Å². The van der Waals surface area contributed by atoms with Gasteiger partial charge in [0.15, 0.2) is 0 Å². The van der Waals surface area contributed by atoms with Crippen LogP contribution in [0.25, 0.3) is 0 Å². The number of carbonyl (C=O) groups is 2. The Morgan fingerprint density at radius 2 is 1.57 bits per heavy atom. The lowest BCUT2D eigenvalue weighted by Crippen LogP contribution is -2.52. The second-order valence-corrected chi connectivity index (χ2v) is 12.6. The molecule has 0 unspecified atom stereocenters. The van der Waals surface area contributed by atoms with Gasteiger partial charge in [-0.1, -0.05) is 66.2 Å². The molecule has 3 aromatic rings. The van der Waals surface area contributed by atoms with Crippen molar-refractivity contribution in [2.24, 2.45) is 0 Å². The average Bonchev–Trinajstić information content (AvgIpc) is 3.00. The molecule has 3 amide bonds. The van der Waals surface area contributed by atoms with Crippen molar-refractivity contribution < 1.29 is 22.7 Å². The molecule has 0 atom stereocenters. The summed E-state index contributed by atoms with van der Waals surface area (Å²) in [7, 11) is -2.42. The lowest BCUT2D eigenvalue weighted by molar-refractivity contribution is -0.135. The molecule has 0 bridgehead atoms. The number of urea groups is 1. The summed E-state index contributed by atoms with van der Waals surface area (Å²) < 4.78 is 33.4. The molecule has 0 spiro atoms. The molecular formula is C32H40N4O5S. The quantitative estimate of drug-likeness (QED) is 0.349. The number of nitrogens with zero attached hydrogens (tertiary/aromatic N) is 3. The van der Waals surface area contributed by atoms with Crippen LogP contribution in [-0.4, -0.2) is 80.4 Å². The van der Waals surface area contributed by atoms with Crippen molar-refractivity contribution in [2.45, 2.75) is 44.2 Å². The standard InChI is InChI=1S/C32H40N4O5S/c1-25-13-15-27(16-14-25)23-36(28-17-19-34(20-18-28)32(38)33-30-12-8-7-9-26(30)2)31(37)24-35(21-22-41-3)42(39,40)29-10-5-4-6-11-29/h4-16,28H,17-24H2,1-3H3,(H,33,38). The average molecular weight is 593 g/mol. The highest BCUT2D eigenvalue weighted by atomic mass is 32.2. The molecule has 0 aromatic heterocycles. The molecule has 1 saturated heterocycles. The van der Waals surface area contributed by atoms with E-state index in [0.717, 1.165) is 22.4 Å². The predicted octanol–water partition coefficient (Wildman–Crippen LogP) is 4.67. The Kier molecular flexibility index (Phi) is 10.7. The summed E-state index contributed by atoms with van der Waals surface area (Å²) in [6.45, 7) is 5.17. The molecule has 0 aliphatic carbocycles. The number of aryl methyl sites for hydroxylation is 2. The van der Waals surface area contributed by atoms with E-state index in [1.807, 2.05) is 62.4 Å². The zero-order chi connectivity index (χ0) is 30.1. The number of piperidine rings is 1. The molecule has 1 aliphatic heterocycles. The Morgan fingerprint density at radius 1 is 0.929 bits per heavy atom. The number of hydrogen-bond acceptors (Lipinski definition) is 5. The summed E-state index contributed by atoms with van der Waals surface area (Å²) >= 11 is 0. The third-order valence-corrected chi connectivity index (χ3v) is 9.47. The van der Waals surface area contributed by atoms with Gasteiger partial charge in [0.2, 0.25) is 15.9 Å². The van der Waals surface area contributed by atoms with E-state index >= 15 is 0 Å². The van der Waals surface area contributed by atoms with Crippen LogP contribution in [-0.2, 0) is 26.1 Å². The van der Waals surface area contributed by atoms with Gasteiger partial charge in [0.25, 0.3) is 0 Å². The number of ether oxygens (including phenoxy) is 1. The number of anilines is 1. The lowest BCUT2D eigenvalue weighted by Gasteiger charge is -2.39. The van der Waals surface area contributed by atoms with E-state index in [-0.39, 0.29) is 42.6 Å². The number of nitrogens with one attached hydrogen (secondary N) is 1. The van der Waals surface area contributed by atoms with E-state index in [1.54, 1.807) is 28.0 Å². The zero-order valence-electron chi connectivity index (χ0n) is 24.5. The second-order valence-electron chi connectivity index (χ2n) is 10.6. The predicted molar refractivity (Wildman–Crippen MR) is 164 cm³/mol. The largest absolute Gasteiger partial charge is 0.383 e. The summed E-state index contributed by atoms with van der Waals surface area (Å²) in [5.74, 6) is -0.283. The van der Waals surface area contributed by atoms with E-state index in [0.29, 0.717) is 32.5 Å². The van der Waals surface area contributed by atoms with Crippen molar-refractivity contribution in [3.8, 4) is 0 Å². The highest BCUT2D eigenvalue weighted by Gasteiger charge is 2.33. The Bertz CT molecular complexity index is 1440. The number of carbonyl (C=O) groups excluding carboxylic acids is 2. The monoisotopic (exact) mass is 592 g/mol. The smallest absolute Gasteiger partial charge is 0.321 e. The summed E-state index contributed by atoms with van der Waals surface area (Å²) in [6.07, 6.45) is 1.17. The van der Waals surface area contributed by atoms with Gasteiger partial charge in [0, 0.05) is 45.0 Å². The van der Waals surface area contributed by atoms with Crippen LogP contribution in [0.5, 0.6) is 0 Å². The number of amides is 3. The van der Waals surface area contributed by atoms with Crippen LogP contribution in [0.3, 0.4) is 0 Å². The third-order valence-electron chi connectivity index (χ3n) is 7.61. The highest BCUT2D eigenvalue weighted by molar-refractivity contribution is 7.89. The van der Waals surface area contributed by atoms with Crippen LogP contribution in [0.4, 0.5) is 10.5 Å². The van der Waals surface area contributed by atoms with Gasteiger partial charge >= 0.3 is 6.03 Å². The minimum Gasteiger partial charge on any atom is -0.383 e. The maximum Gasteiger partial charge on any atom is 0.321 e. The number of sulfonamides is 1. The summed E-state index contributed by atoms with van der Waals surface area (Å²) in [4.78, 5) is 30.6. The molecule has 4 rings (SSSR count). The third kappa shape index (κ3) is 7.96. The molecule has 42 heavy (non-hydrogen) atoms. The first kappa shape index (κ1) is 31.2. The van der Waals surface area contributed by atoms with Gasteiger partial charge in [-0.05, 0) is 56.0 Å². The Morgan fingerprint density at radius 3 is 2.21 bits per heavy atom. The number of hydrogen-bond donors (Lipinski definition) is 1. The molecule has 1 aliphatic rings. The first-order chi connectivity index (χ1) is 20.2. The normalized spacial score (nSPS) is 14.1. The van der Waals surface area contributed by atoms with Crippen molar-refractivity contribution in [3.05, 3.63) is 95.6 Å². The van der Waals surface area contributed by atoms with Crippen molar-refractivity contribution in [2.75, 3.05) is 45.2 Å². The van der Waals surface area contributed by atoms with Crippen LogP contribution < -0.4 is 5.32 Å². The molecule has 224 valence electrons. The van der Waals surface area contributed by atoms with E-state index in [2.05, 4.69) is 5.32 Å². The summed E-state index contributed by atoms with van der Waals surface area (Å²) in [5.41, 5.74) is 3.84. The summed E-state index contributed by atoms with van der Waals surface area (Å²) in [6, 6.07) is 23.4. The fraction of sp³-hybridized carbons (Fsp3) is 0.375. The van der Waals surface area contributed by atoms with Crippen molar-refractivity contribution >= 4 is 27.6 Å². The molecule has 3 aromatic carbocycles. The molecule has 9 nitrogen and oxygen atoms in total. The van der Waals surface area contributed by atoms with Crippen molar-refractivity contribution in [1.29, 1.82) is 0 Å². The van der Waals surface area contributed by atoms with Gasteiger partial charge < -0.3 is 19.9 Å². The van der Waals surface area contributed by atoms with Crippen LogP contribution in [0.1, 0.15) is 29.5 Å². The highest BCUT2D eigenvalue weighted by Crippen LogP contribution is 2.23. The van der Waals surface area contributed by atoms with Gasteiger partial charge in [0.05, 0.1) is 18.0 Å². The van der Waals surface area contributed by atoms with E-state index in [1.165, 1.54) is 23.5 Å². The number of benzene rings is 3. The van der Waals surface area contributed by atoms with Gasteiger partial charge in [-0.15, -0.1) is 0 Å². The second kappa shape index (κ2) is 14.4. The first-order valence-corrected chi connectivity index (χ1v) is 15.6. The Balaban J connectivity index is 1.51. The minimum absolute atomic E-state index is 0.0510. The molecule has 1 fully saturated rings. The maximum absolute atomic E-state index is 13.9. The fourth-order valence-corrected chi connectivity index (χ4v) is 6.45. The molecule has 10 heteroatoms. The molecule has 0 radical (unpaired) electrons. The van der Waals surface area contributed by atoms with Crippen LogP contribution in [0.15, 0.2) is 83.8 Å². The van der Waals surface area contributed by atoms with Gasteiger partial charge in [-0.3, -0.25) is 4.79 Å². The Labute approximate surface area is 249 Å². The van der Waals surface area contributed by atoms with Gasteiger partial charge in [0.1, 0.15) is 0 Å². The Hall–Kier alpha value is -3.73. The molecule has 0 saturated carbocycles. The molecule has 1 N–H and O–H groups in total.